The first-order chi connectivity index (χ1) is 6.73. The molecule has 3 nitrogen and oxygen atoms in total. The Bertz CT molecular complexity index is 313. The van der Waals surface area contributed by atoms with Crippen LogP contribution in [0, 0.1) is 0 Å². The minimum atomic E-state index is -4.41. The van der Waals surface area contributed by atoms with E-state index >= 15 is 0 Å². The molecule has 0 saturated heterocycles. The Balaban J connectivity index is 3.21. The third-order valence-electron chi connectivity index (χ3n) is 2.01. The van der Waals surface area contributed by atoms with Crippen LogP contribution in [0.5, 0.6) is 0 Å². The van der Waals surface area contributed by atoms with E-state index in [4.69, 9.17) is 5.73 Å². The van der Waals surface area contributed by atoms with Gasteiger partial charge in [0.2, 0.25) is 0 Å². The van der Waals surface area contributed by atoms with Gasteiger partial charge >= 0.3 is 6.18 Å². The van der Waals surface area contributed by atoms with Crippen molar-refractivity contribution in [3.63, 3.8) is 0 Å². The summed E-state index contributed by atoms with van der Waals surface area (Å²) < 4.78 is 38.5. The van der Waals surface area contributed by atoms with Crippen LogP contribution in [0.3, 0.4) is 0 Å². The summed E-state index contributed by atoms with van der Waals surface area (Å²) in [5, 5.41) is 3.51. The second-order valence-electron chi connectivity index (χ2n) is 3.78. The van der Waals surface area contributed by atoms with E-state index in [1.165, 1.54) is 4.68 Å². The van der Waals surface area contributed by atoms with Gasteiger partial charge in [0.25, 0.3) is 0 Å². The summed E-state index contributed by atoms with van der Waals surface area (Å²) in [5.41, 5.74) is 5.10. The lowest BCUT2D eigenvalue weighted by atomic mass is 10.2. The van der Waals surface area contributed by atoms with Crippen LogP contribution in [0.15, 0.2) is 6.07 Å². The van der Waals surface area contributed by atoms with Crippen molar-refractivity contribution < 1.29 is 13.2 Å². The lowest BCUT2D eigenvalue weighted by Gasteiger charge is -2.12. The molecule has 1 aromatic rings. The molecule has 0 aromatic carbocycles. The molecule has 0 bridgehead atoms. The molecule has 0 saturated carbocycles. The van der Waals surface area contributed by atoms with E-state index in [-0.39, 0.29) is 6.04 Å². The standard InChI is InChI=1S/C9H14F3N3/c1-5(2)15-7(6(3)13)4-8(14-15)9(10,11)12/h4-6H,13H2,1-3H3. The SMILES string of the molecule is CC(N)c1cc(C(F)(F)F)nn1C(C)C. The topological polar surface area (TPSA) is 43.8 Å². The van der Waals surface area contributed by atoms with Gasteiger partial charge in [-0.15, -0.1) is 0 Å². The number of nitrogens with zero attached hydrogens (tertiary/aromatic N) is 2. The van der Waals surface area contributed by atoms with E-state index < -0.39 is 17.9 Å². The molecule has 0 aliphatic carbocycles. The number of nitrogens with two attached hydrogens (primary N) is 1. The van der Waals surface area contributed by atoms with Gasteiger partial charge in [-0.3, -0.25) is 4.68 Å². The molecule has 6 heteroatoms. The van der Waals surface area contributed by atoms with Gasteiger partial charge in [0.15, 0.2) is 5.69 Å². The first kappa shape index (κ1) is 12.0. The van der Waals surface area contributed by atoms with Crippen molar-refractivity contribution in [3.8, 4) is 0 Å². The van der Waals surface area contributed by atoms with Gasteiger partial charge in [0.05, 0.1) is 5.69 Å². The number of hydrogen-bond donors (Lipinski definition) is 1. The molecule has 0 spiro atoms. The number of hydrogen-bond acceptors (Lipinski definition) is 2. The highest BCUT2D eigenvalue weighted by molar-refractivity contribution is 5.16. The summed E-state index contributed by atoms with van der Waals surface area (Å²) in [7, 11) is 0. The number of alkyl halides is 3. The molecule has 15 heavy (non-hydrogen) atoms. The van der Waals surface area contributed by atoms with E-state index in [2.05, 4.69) is 5.10 Å². The maximum Gasteiger partial charge on any atom is 0.435 e. The first-order valence-corrected chi connectivity index (χ1v) is 4.65. The van der Waals surface area contributed by atoms with E-state index in [0.717, 1.165) is 6.07 Å². The van der Waals surface area contributed by atoms with Gasteiger partial charge in [0, 0.05) is 12.1 Å². The molecule has 0 aliphatic rings. The van der Waals surface area contributed by atoms with Crippen LogP contribution in [0.4, 0.5) is 13.2 Å². The van der Waals surface area contributed by atoms with Crippen LogP contribution in [-0.2, 0) is 6.18 Å². The Morgan fingerprint density at radius 1 is 1.33 bits per heavy atom. The monoisotopic (exact) mass is 221 g/mol. The fourth-order valence-electron chi connectivity index (χ4n) is 1.30. The molecule has 0 aliphatic heterocycles. The van der Waals surface area contributed by atoms with Crippen molar-refractivity contribution >= 4 is 0 Å². The fraction of sp³-hybridized carbons (Fsp3) is 0.667. The molecule has 1 aromatic heterocycles. The second-order valence-corrected chi connectivity index (χ2v) is 3.78. The molecule has 1 atom stereocenters. The van der Waals surface area contributed by atoms with Gasteiger partial charge < -0.3 is 5.73 Å². The van der Waals surface area contributed by atoms with E-state index in [1.807, 2.05) is 0 Å². The summed E-state index contributed by atoms with van der Waals surface area (Å²) in [6.45, 7) is 5.16. The maximum atomic E-state index is 12.4. The second kappa shape index (κ2) is 3.84. The summed E-state index contributed by atoms with van der Waals surface area (Å²) in [4.78, 5) is 0. The summed E-state index contributed by atoms with van der Waals surface area (Å²) >= 11 is 0. The Morgan fingerprint density at radius 3 is 2.13 bits per heavy atom. The molecule has 0 fully saturated rings. The minimum Gasteiger partial charge on any atom is -0.323 e. The molecular formula is C9H14F3N3. The van der Waals surface area contributed by atoms with Crippen LogP contribution >= 0.6 is 0 Å². The van der Waals surface area contributed by atoms with E-state index in [0.29, 0.717) is 5.69 Å². The van der Waals surface area contributed by atoms with Crippen LogP contribution < -0.4 is 5.73 Å². The fourth-order valence-corrected chi connectivity index (χ4v) is 1.30. The zero-order valence-corrected chi connectivity index (χ0v) is 8.84. The van der Waals surface area contributed by atoms with Gasteiger partial charge in [-0.25, -0.2) is 0 Å². The van der Waals surface area contributed by atoms with Crippen molar-refractivity contribution in [2.75, 3.05) is 0 Å². The lowest BCUT2D eigenvalue weighted by molar-refractivity contribution is -0.141. The van der Waals surface area contributed by atoms with Gasteiger partial charge in [-0.05, 0) is 26.8 Å². The van der Waals surface area contributed by atoms with Crippen LogP contribution in [-0.4, -0.2) is 9.78 Å². The van der Waals surface area contributed by atoms with Crippen molar-refractivity contribution in [2.45, 2.75) is 39.0 Å². The van der Waals surface area contributed by atoms with Gasteiger partial charge in [0.1, 0.15) is 0 Å². The quantitative estimate of drug-likeness (QED) is 0.833. The summed E-state index contributed by atoms with van der Waals surface area (Å²) in [6, 6.07) is 0.406. The maximum absolute atomic E-state index is 12.4. The van der Waals surface area contributed by atoms with Crippen LogP contribution in [0.25, 0.3) is 0 Å². The molecule has 1 rings (SSSR count). The van der Waals surface area contributed by atoms with Crippen molar-refractivity contribution in [1.29, 1.82) is 0 Å². The average Bonchev–Trinajstić information content (AvgIpc) is 2.45. The smallest absolute Gasteiger partial charge is 0.323 e. The van der Waals surface area contributed by atoms with Crippen molar-refractivity contribution in [2.24, 2.45) is 5.73 Å². The van der Waals surface area contributed by atoms with Gasteiger partial charge in [-0.1, -0.05) is 0 Å². The van der Waals surface area contributed by atoms with E-state index in [9.17, 15) is 13.2 Å². The van der Waals surface area contributed by atoms with Crippen molar-refractivity contribution in [1.82, 2.24) is 9.78 Å². The molecule has 1 heterocycles. The molecular weight excluding hydrogens is 207 g/mol. The summed E-state index contributed by atoms with van der Waals surface area (Å²) in [5.74, 6) is 0. The zero-order valence-electron chi connectivity index (χ0n) is 8.84. The molecule has 1 unspecified atom stereocenters. The van der Waals surface area contributed by atoms with Gasteiger partial charge in [-0.2, -0.15) is 18.3 Å². The number of rotatable bonds is 2. The lowest BCUT2D eigenvalue weighted by Crippen LogP contribution is -2.15. The Kier molecular flexibility index (Phi) is 3.08. The molecule has 0 amide bonds. The third-order valence-corrected chi connectivity index (χ3v) is 2.01. The highest BCUT2D eigenvalue weighted by atomic mass is 19.4. The number of halogens is 3. The van der Waals surface area contributed by atoms with E-state index in [1.54, 1.807) is 20.8 Å². The first-order valence-electron chi connectivity index (χ1n) is 4.65. The number of aromatic nitrogens is 2. The highest BCUT2D eigenvalue weighted by Gasteiger charge is 2.35. The van der Waals surface area contributed by atoms with Crippen LogP contribution in [0.2, 0.25) is 0 Å². The van der Waals surface area contributed by atoms with Crippen LogP contribution in [0.1, 0.15) is 44.2 Å². The van der Waals surface area contributed by atoms with Crippen molar-refractivity contribution in [3.05, 3.63) is 17.5 Å². The average molecular weight is 221 g/mol. The third kappa shape index (κ3) is 2.50. The molecule has 86 valence electrons. The molecule has 2 N–H and O–H groups in total. The zero-order chi connectivity index (χ0) is 11.8. The predicted molar refractivity (Wildman–Crippen MR) is 50.2 cm³/mol. The minimum absolute atomic E-state index is 0.137. The largest absolute Gasteiger partial charge is 0.435 e. The normalized spacial score (nSPS) is 14.7. The summed E-state index contributed by atoms with van der Waals surface area (Å²) in [6.07, 6.45) is -4.41. The predicted octanol–water partition coefficient (Wildman–Crippen LogP) is 2.50. The Morgan fingerprint density at radius 2 is 1.87 bits per heavy atom. The Hall–Kier alpha value is -1.04. The highest BCUT2D eigenvalue weighted by Crippen LogP contribution is 2.30. The molecule has 0 radical (unpaired) electrons. The Labute approximate surface area is 86.1 Å².